The molecule has 0 spiro atoms. The predicted molar refractivity (Wildman–Crippen MR) is 103 cm³/mol. The minimum Gasteiger partial charge on any atom is -0.355 e. The van der Waals surface area contributed by atoms with Crippen LogP contribution in [0.25, 0.3) is 0 Å². The second-order valence-corrected chi connectivity index (χ2v) is 7.47. The molecule has 5 nitrogen and oxygen atoms in total. The lowest BCUT2D eigenvalue weighted by Crippen LogP contribution is -2.34. The summed E-state index contributed by atoms with van der Waals surface area (Å²) < 4.78 is 0. The molecule has 2 heterocycles. The molecule has 1 unspecified atom stereocenters. The van der Waals surface area contributed by atoms with Crippen LogP contribution in [-0.2, 0) is 21.9 Å². The van der Waals surface area contributed by atoms with Gasteiger partial charge in [-0.1, -0.05) is 36.4 Å². The zero-order valence-corrected chi connectivity index (χ0v) is 15.5. The molecule has 1 saturated heterocycles. The highest BCUT2D eigenvalue weighted by Crippen LogP contribution is 2.20. The molecule has 3 rings (SSSR count). The van der Waals surface area contributed by atoms with Crippen molar-refractivity contribution >= 4 is 23.6 Å². The van der Waals surface area contributed by atoms with Gasteiger partial charge in [0.1, 0.15) is 0 Å². The summed E-state index contributed by atoms with van der Waals surface area (Å²) in [5.41, 5.74) is 2.27. The number of hydrogen-bond donors (Lipinski definition) is 1. The molecule has 1 aromatic carbocycles. The van der Waals surface area contributed by atoms with Gasteiger partial charge in [0, 0.05) is 50.0 Å². The summed E-state index contributed by atoms with van der Waals surface area (Å²) in [6.07, 6.45) is 3.76. The van der Waals surface area contributed by atoms with Crippen LogP contribution < -0.4 is 5.32 Å². The van der Waals surface area contributed by atoms with Gasteiger partial charge in [0.25, 0.3) is 0 Å². The van der Waals surface area contributed by atoms with Gasteiger partial charge >= 0.3 is 0 Å². The standard InChI is InChI=1S/C20H23N3O2S/c24-19-11-18(14-23(19)13-17-7-4-8-21-12-17)20(25)22-9-10-26-15-16-5-2-1-3-6-16/h1-8,12,18H,9-11,13-15H2,(H,22,25). The minimum atomic E-state index is -0.252. The van der Waals surface area contributed by atoms with Crippen molar-refractivity contribution < 1.29 is 9.59 Å². The number of rotatable bonds is 8. The summed E-state index contributed by atoms with van der Waals surface area (Å²) in [6, 6.07) is 14.1. The Labute approximate surface area is 158 Å². The Morgan fingerprint density at radius 3 is 2.77 bits per heavy atom. The van der Waals surface area contributed by atoms with E-state index in [1.165, 1.54) is 5.56 Å². The average molecular weight is 369 g/mol. The monoisotopic (exact) mass is 369 g/mol. The van der Waals surface area contributed by atoms with Gasteiger partial charge in [-0.3, -0.25) is 14.6 Å². The Hall–Kier alpha value is -2.34. The molecule has 0 radical (unpaired) electrons. The fourth-order valence-electron chi connectivity index (χ4n) is 2.97. The average Bonchev–Trinajstić information content (AvgIpc) is 3.03. The third-order valence-corrected chi connectivity index (χ3v) is 5.37. The van der Waals surface area contributed by atoms with Gasteiger partial charge in [0.05, 0.1) is 5.92 Å². The van der Waals surface area contributed by atoms with Crippen LogP contribution in [0.5, 0.6) is 0 Å². The first kappa shape index (κ1) is 18.5. The van der Waals surface area contributed by atoms with Gasteiger partial charge in [0.15, 0.2) is 0 Å². The van der Waals surface area contributed by atoms with E-state index in [0.29, 0.717) is 26.1 Å². The predicted octanol–water partition coefficient (Wildman–Crippen LogP) is 2.48. The Bertz CT molecular complexity index is 724. The van der Waals surface area contributed by atoms with Crippen LogP contribution in [-0.4, -0.2) is 40.5 Å². The summed E-state index contributed by atoms with van der Waals surface area (Å²) in [7, 11) is 0. The van der Waals surface area contributed by atoms with E-state index in [0.717, 1.165) is 17.1 Å². The number of nitrogens with zero attached hydrogens (tertiary/aromatic N) is 2. The van der Waals surface area contributed by atoms with E-state index in [1.807, 2.05) is 30.3 Å². The number of hydrogen-bond acceptors (Lipinski definition) is 4. The van der Waals surface area contributed by atoms with Gasteiger partial charge in [0.2, 0.25) is 11.8 Å². The SMILES string of the molecule is O=C(NCCSCc1ccccc1)C1CC(=O)N(Cc2cccnc2)C1. The molecule has 0 aliphatic carbocycles. The number of carbonyl (C=O) groups excluding carboxylic acids is 2. The molecule has 2 aromatic rings. The maximum atomic E-state index is 12.3. The van der Waals surface area contributed by atoms with Crippen LogP contribution in [0.3, 0.4) is 0 Å². The molecule has 6 heteroatoms. The second kappa shape index (κ2) is 9.38. The number of likely N-dealkylation sites (tertiary alicyclic amines) is 1. The minimum absolute atomic E-state index is 0.0210. The van der Waals surface area contributed by atoms with Crippen molar-refractivity contribution in [3.63, 3.8) is 0 Å². The van der Waals surface area contributed by atoms with Gasteiger partial charge < -0.3 is 10.2 Å². The Balaban J connectivity index is 1.36. The van der Waals surface area contributed by atoms with Crippen molar-refractivity contribution in [3.05, 3.63) is 66.0 Å². The fourth-order valence-corrected chi connectivity index (χ4v) is 3.79. The summed E-state index contributed by atoms with van der Waals surface area (Å²) in [5.74, 6) is 1.57. The molecule has 1 aliphatic heterocycles. The summed E-state index contributed by atoms with van der Waals surface area (Å²) in [6.45, 7) is 1.63. The van der Waals surface area contributed by atoms with E-state index >= 15 is 0 Å². The normalized spacial score (nSPS) is 16.7. The van der Waals surface area contributed by atoms with E-state index in [-0.39, 0.29) is 17.7 Å². The molecule has 1 fully saturated rings. The third-order valence-electron chi connectivity index (χ3n) is 4.34. The van der Waals surface area contributed by atoms with Gasteiger partial charge in [-0.15, -0.1) is 0 Å². The molecular weight excluding hydrogens is 346 g/mol. The van der Waals surface area contributed by atoms with E-state index in [2.05, 4.69) is 22.4 Å². The molecule has 136 valence electrons. The largest absolute Gasteiger partial charge is 0.355 e. The fraction of sp³-hybridized carbons (Fsp3) is 0.350. The molecule has 1 aromatic heterocycles. The van der Waals surface area contributed by atoms with Crippen molar-refractivity contribution in [1.29, 1.82) is 0 Å². The molecule has 0 bridgehead atoms. The van der Waals surface area contributed by atoms with E-state index in [9.17, 15) is 9.59 Å². The van der Waals surface area contributed by atoms with Crippen molar-refractivity contribution in [2.24, 2.45) is 5.92 Å². The molecule has 1 atom stereocenters. The van der Waals surface area contributed by atoms with Crippen molar-refractivity contribution in [2.45, 2.75) is 18.7 Å². The smallest absolute Gasteiger partial charge is 0.225 e. The van der Waals surface area contributed by atoms with E-state index < -0.39 is 0 Å². The highest BCUT2D eigenvalue weighted by atomic mass is 32.2. The van der Waals surface area contributed by atoms with Crippen LogP contribution in [0.1, 0.15) is 17.5 Å². The van der Waals surface area contributed by atoms with Gasteiger partial charge in [-0.25, -0.2) is 0 Å². The number of nitrogens with one attached hydrogen (secondary N) is 1. The number of benzene rings is 1. The summed E-state index contributed by atoms with van der Waals surface area (Å²) in [5, 5.41) is 2.96. The summed E-state index contributed by atoms with van der Waals surface area (Å²) in [4.78, 5) is 30.3. The number of carbonyl (C=O) groups is 2. The van der Waals surface area contributed by atoms with Crippen LogP contribution in [0.4, 0.5) is 0 Å². The Morgan fingerprint density at radius 2 is 2.00 bits per heavy atom. The van der Waals surface area contributed by atoms with Gasteiger partial charge in [-0.2, -0.15) is 11.8 Å². The Morgan fingerprint density at radius 1 is 1.19 bits per heavy atom. The summed E-state index contributed by atoms with van der Waals surface area (Å²) >= 11 is 1.79. The van der Waals surface area contributed by atoms with Crippen molar-refractivity contribution in [3.8, 4) is 0 Å². The number of amides is 2. The first-order valence-corrected chi connectivity index (χ1v) is 9.94. The lowest BCUT2D eigenvalue weighted by molar-refractivity contribution is -0.129. The van der Waals surface area contributed by atoms with E-state index in [4.69, 9.17) is 0 Å². The first-order chi connectivity index (χ1) is 12.7. The molecule has 0 saturated carbocycles. The maximum absolute atomic E-state index is 12.3. The lowest BCUT2D eigenvalue weighted by Gasteiger charge is -2.16. The van der Waals surface area contributed by atoms with Crippen LogP contribution in [0.2, 0.25) is 0 Å². The molecular formula is C20H23N3O2S. The van der Waals surface area contributed by atoms with Crippen LogP contribution >= 0.6 is 11.8 Å². The highest BCUT2D eigenvalue weighted by Gasteiger charge is 2.33. The number of pyridine rings is 1. The highest BCUT2D eigenvalue weighted by molar-refractivity contribution is 7.98. The van der Waals surface area contributed by atoms with E-state index in [1.54, 1.807) is 29.1 Å². The second-order valence-electron chi connectivity index (χ2n) is 6.37. The third kappa shape index (κ3) is 5.33. The quantitative estimate of drug-likeness (QED) is 0.726. The van der Waals surface area contributed by atoms with Crippen molar-refractivity contribution in [1.82, 2.24) is 15.2 Å². The number of thioether (sulfide) groups is 1. The van der Waals surface area contributed by atoms with Crippen LogP contribution in [0, 0.1) is 5.92 Å². The molecule has 2 amide bonds. The topological polar surface area (TPSA) is 62.3 Å². The molecule has 1 aliphatic rings. The zero-order valence-electron chi connectivity index (χ0n) is 14.6. The van der Waals surface area contributed by atoms with Crippen LogP contribution in [0.15, 0.2) is 54.9 Å². The van der Waals surface area contributed by atoms with Crippen molar-refractivity contribution in [2.75, 3.05) is 18.8 Å². The number of aromatic nitrogens is 1. The zero-order chi connectivity index (χ0) is 18.2. The molecule has 1 N–H and O–H groups in total. The van der Waals surface area contributed by atoms with Gasteiger partial charge in [-0.05, 0) is 17.2 Å². The maximum Gasteiger partial charge on any atom is 0.225 e. The molecule has 26 heavy (non-hydrogen) atoms. The Kier molecular flexibility index (Phi) is 6.66. The lowest BCUT2D eigenvalue weighted by atomic mass is 10.1. The first-order valence-electron chi connectivity index (χ1n) is 8.78.